The van der Waals surface area contributed by atoms with E-state index in [2.05, 4.69) is 20.4 Å². The fourth-order valence-corrected chi connectivity index (χ4v) is 3.29. The van der Waals surface area contributed by atoms with Crippen LogP contribution in [0.1, 0.15) is 12.1 Å². The molecule has 2 aromatic rings. The summed E-state index contributed by atoms with van der Waals surface area (Å²) in [6, 6.07) is 2.35. The zero-order valence-electron chi connectivity index (χ0n) is 17.5. The van der Waals surface area contributed by atoms with Crippen LogP contribution in [0.15, 0.2) is 18.3 Å². The first kappa shape index (κ1) is 23.3. The van der Waals surface area contributed by atoms with E-state index in [1.54, 1.807) is 4.90 Å². The van der Waals surface area contributed by atoms with E-state index in [1.165, 1.54) is 42.1 Å². The topological polar surface area (TPSA) is 106 Å². The number of nitrogens with zero attached hydrogens (tertiary/aromatic N) is 5. The van der Waals surface area contributed by atoms with Gasteiger partial charge in [-0.3, -0.25) is 4.79 Å². The molecule has 1 aliphatic rings. The van der Waals surface area contributed by atoms with E-state index in [1.807, 2.05) is 0 Å². The maximum absolute atomic E-state index is 14.8. The summed E-state index contributed by atoms with van der Waals surface area (Å²) in [6.07, 6.45) is 1.27. The maximum Gasteiger partial charge on any atom is 0.492 e. The molecule has 0 atom stereocenters. The molecule has 172 valence electrons. The summed E-state index contributed by atoms with van der Waals surface area (Å²) in [4.78, 5) is 24.5. The van der Waals surface area contributed by atoms with Gasteiger partial charge in [0.2, 0.25) is 5.91 Å². The van der Waals surface area contributed by atoms with Gasteiger partial charge >= 0.3 is 5.97 Å². The average Bonchev–Trinajstić information content (AvgIpc) is 3.26. The lowest BCUT2D eigenvalue weighted by molar-refractivity contribution is -0.130. The number of amides is 1. The summed E-state index contributed by atoms with van der Waals surface area (Å²) >= 11 is 4.88. The van der Waals surface area contributed by atoms with Crippen molar-refractivity contribution in [3.8, 4) is 5.69 Å². The second-order valence-electron chi connectivity index (χ2n) is 6.90. The Labute approximate surface area is 188 Å². The molecule has 0 saturated carbocycles. The highest BCUT2D eigenvalue weighted by Gasteiger charge is 2.28. The Kier molecular flexibility index (Phi) is 7.51. The van der Waals surface area contributed by atoms with E-state index in [4.69, 9.17) is 17.0 Å². The molecule has 1 fully saturated rings. The highest BCUT2D eigenvalue weighted by Crippen LogP contribution is 2.27. The molecule has 0 unspecified atom stereocenters. The van der Waals surface area contributed by atoms with Crippen LogP contribution in [0, 0.1) is 11.6 Å². The van der Waals surface area contributed by atoms with Gasteiger partial charge < -0.3 is 29.4 Å². The largest absolute Gasteiger partial charge is 0.492 e. The van der Waals surface area contributed by atoms with Gasteiger partial charge in [-0.1, -0.05) is 5.21 Å². The third kappa shape index (κ3) is 5.46. The Morgan fingerprint density at radius 3 is 2.44 bits per heavy atom. The van der Waals surface area contributed by atoms with E-state index >= 15 is 0 Å². The van der Waals surface area contributed by atoms with Gasteiger partial charge in [-0.15, -0.1) is 5.10 Å². The van der Waals surface area contributed by atoms with Crippen LogP contribution in [0.5, 0.6) is 0 Å². The molecule has 2 N–H and O–H groups in total. The summed E-state index contributed by atoms with van der Waals surface area (Å²) in [7, 11) is 2.70. The molecule has 0 aliphatic carbocycles. The number of rotatable bonds is 6. The van der Waals surface area contributed by atoms with Crippen LogP contribution in [0.25, 0.3) is 5.69 Å². The quantitative estimate of drug-likeness (QED) is 0.286. The Morgan fingerprint density at radius 2 is 1.84 bits per heavy atom. The summed E-state index contributed by atoms with van der Waals surface area (Å²) in [6.45, 7) is 1.26. The van der Waals surface area contributed by atoms with Crippen LogP contribution in [0.2, 0.25) is 0 Å². The summed E-state index contributed by atoms with van der Waals surface area (Å²) in [5.41, 5.74) is 0.516. The SMILES string of the molecule is COC(=[OH+])CC(=O)N1CCN(c2c(F)cc(-n3cc(CNC(=S)OC)nn3)cc2F)CC1. The fourth-order valence-electron chi connectivity index (χ4n) is 3.22. The van der Waals surface area contributed by atoms with Crippen LogP contribution in [0.3, 0.4) is 0 Å². The predicted octanol–water partition coefficient (Wildman–Crippen LogP) is 0.754. The fraction of sp³-hybridized carbons (Fsp3) is 0.421. The molecule has 2 heterocycles. The van der Waals surface area contributed by atoms with Gasteiger partial charge in [0.25, 0.3) is 5.17 Å². The first-order valence-electron chi connectivity index (χ1n) is 9.66. The van der Waals surface area contributed by atoms with Crippen molar-refractivity contribution in [2.45, 2.75) is 13.0 Å². The van der Waals surface area contributed by atoms with Crippen molar-refractivity contribution < 1.29 is 27.8 Å². The van der Waals surface area contributed by atoms with E-state index in [0.717, 1.165) is 0 Å². The molecule has 1 aromatic carbocycles. The van der Waals surface area contributed by atoms with Gasteiger partial charge in [-0.25, -0.2) is 13.5 Å². The smallest absolute Gasteiger partial charge is 0.474 e. The highest BCUT2D eigenvalue weighted by atomic mass is 32.1. The lowest BCUT2D eigenvalue weighted by atomic mass is 10.2. The van der Waals surface area contributed by atoms with Crippen molar-refractivity contribution in [2.24, 2.45) is 0 Å². The molecule has 1 saturated heterocycles. The van der Waals surface area contributed by atoms with Gasteiger partial charge in [0, 0.05) is 38.3 Å². The normalized spacial score (nSPS) is 13.6. The van der Waals surface area contributed by atoms with Crippen LogP contribution in [-0.2, 0) is 20.8 Å². The van der Waals surface area contributed by atoms with Crippen LogP contribution in [0.4, 0.5) is 14.5 Å². The zero-order chi connectivity index (χ0) is 23.3. The van der Waals surface area contributed by atoms with Crippen molar-refractivity contribution in [3.63, 3.8) is 0 Å². The van der Waals surface area contributed by atoms with Gasteiger partial charge in [-0.2, -0.15) is 0 Å². The molecular formula is C19H23F2N6O4S+. The van der Waals surface area contributed by atoms with E-state index in [0.29, 0.717) is 5.69 Å². The minimum Gasteiger partial charge on any atom is -0.474 e. The Morgan fingerprint density at radius 1 is 1.19 bits per heavy atom. The third-order valence-corrected chi connectivity index (χ3v) is 5.20. The zero-order valence-corrected chi connectivity index (χ0v) is 18.4. The first-order chi connectivity index (χ1) is 15.3. The number of nitrogens with one attached hydrogen (secondary N) is 1. The number of carbonyl (C=O) groups excluding carboxylic acids is 2. The number of esters is 1. The Balaban J connectivity index is 1.67. The lowest BCUT2D eigenvalue weighted by Gasteiger charge is -2.36. The average molecular weight is 469 g/mol. The van der Waals surface area contributed by atoms with Gasteiger partial charge in [0.15, 0.2) is 25.2 Å². The number of ether oxygens (including phenoxy) is 2. The second kappa shape index (κ2) is 10.3. The molecule has 0 radical (unpaired) electrons. The number of piperazine rings is 1. The second-order valence-corrected chi connectivity index (χ2v) is 7.27. The molecule has 13 heteroatoms. The summed E-state index contributed by atoms with van der Waals surface area (Å²) in [5, 5.41) is 10.8. The molecule has 3 rings (SSSR count). The van der Waals surface area contributed by atoms with Crippen molar-refractivity contribution in [3.05, 3.63) is 35.7 Å². The van der Waals surface area contributed by atoms with Gasteiger partial charge in [0.1, 0.15) is 11.4 Å². The number of benzene rings is 1. The molecule has 1 aliphatic heterocycles. The van der Waals surface area contributed by atoms with Gasteiger partial charge in [-0.05, 0) is 12.2 Å². The highest BCUT2D eigenvalue weighted by molar-refractivity contribution is 7.80. The van der Waals surface area contributed by atoms with E-state index < -0.39 is 11.6 Å². The molecule has 32 heavy (non-hydrogen) atoms. The first-order valence-corrected chi connectivity index (χ1v) is 10.1. The number of methoxy groups -OCH3 is 2. The van der Waals surface area contributed by atoms with Crippen LogP contribution >= 0.6 is 12.2 Å². The van der Waals surface area contributed by atoms with Crippen molar-refractivity contribution in [1.82, 2.24) is 25.2 Å². The summed E-state index contributed by atoms with van der Waals surface area (Å²) in [5.74, 6) is -2.19. The third-order valence-electron chi connectivity index (χ3n) is 4.89. The van der Waals surface area contributed by atoms with E-state index in [9.17, 15) is 18.4 Å². The maximum atomic E-state index is 14.8. The number of aromatic nitrogens is 3. The minimum absolute atomic E-state index is 0.167. The summed E-state index contributed by atoms with van der Waals surface area (Å²) < 4.78 is 40.4. The number of hydrogen-bond acceptors (Lipinski definition) is 7. The number of hydrogen-bond donors (Lipinski definition) is 1. The molecule has 10 nitrogen and oxygen atoms in total. The molecule has 1 aromatic heterocycles. The van der Waals surface area contributed by atoms with Crippen molar-refractivity contribution >= 4 is 35.0 Å². The number of thiocarbonyl (C=S) groups is 1. The number of carbonyl (C=O) groups is 1. The minimum atomic E-state index is -0.749. The van der Waals surface area contributed by atoms with Gasteiger partial charge in [0.05, 0.1) is 25.5 Å². The monoisotopic (exact) mass is 469 g/mol. The Hall–Kier alpha value is -3.35. The van der Waals surface area contributed by atoms with Crippen LogP contribution < -0.4 is 10.2 Å². The molecule has 0 bridgehead atoms. The molecule has 0 spiro atoms. The number of halogens is 2. The predicted molar refractivity (Wildman–Crippen MR) is 115 cm³/mol. The Bertz CT molecular complexity index is 986. The van der Waals surface area contributed by atoms with E-state index in [-0.39, 0.29) is 67.6 Å². The van der Waals surface area contributed by atoms with Crippen LogP contribution in [-0.4, -0.2) is 82.1 Å². The van der Waals surface area contributed by atoms with Crippen molar-refractivity contribution in [2.75, 3.05) is 45.3 Å². The van der Waals surface area contributed by atoms with Crippen molar-refractivity contribution in [1.29, 1.82) is 0 Å². The lowest BCUT2D eigenvalue weighted by Crippen LogP contribution is -2.49. The molecular weight excluding hydrogens is 446 g/mol. The standard InChI is InChI=1S/C19H22F2N6O4S/c1-30-17(29)9-16(28)25-3-5-26(6-4-25)18-14(20)7-13(8-15(18)21)27-11-12(23-24-27)10-22-19(32)31-2/h7-8,11H,3-6,9-10H2,1-2H3,(H,22,32)/p+1. The number of anilines is 1. The molecule has 1 amide bonds.